The van der Waals surface area contributed by atoms with Gasteiger partial charge < -0.3 is 15.2 Å². The molecule has 1 unspecified atom stereocenters. The molecule has 0 saturated carbocycles. The second-order valence-electron chi connectivity index (χ2n) is 4.47. The Morgan fingerprint density at radius 1 is 1.30 bits per heavy atom. The van der Waals surface area contributed by atoms with Gasteiger partial charge in [-0.15, -0.1) is 0 Å². The van der Waals surface area contributed by atoms with Gasteiger partial charge >= 0.3 is 0 Å². The van der Waals surface area contributed by atoms with Gasteiger partial charge in [0.05, 0.1) is 31.6 Å². The first-order valence-electron chi connectivity index (χ1n) is 6.79. The minimum absolute atomic E-state index is 0.156. The topological polar surface area (TPSA) is 62.3 Å². The summed E-state index contributed by atoms with van der Waals surface area (Å²) in [6, 6.07) is 9.57. The molecule has 0 bridgehead atoms. The number of hydrogen-bond acceptors (Lipinski definition) is 4. The summed E-state index contributed by atoms with van der Waals surface area (Å²) in [5.74, 6) is 1.59. The van der Waals surface area contributed by atoms with Crippen molar-refractivity contribution in [3.8, 4) is 11.5 Å². The Hall–Kier alpha value is -2.01. The number of aryl methyl sites for hydroxylation is 1. The lowest BCUT2D eigenvalue weighted by Gasteiger charge is -2.15. The number of ether oxygens (including phenoxy) is 2. The minimum atomic E-state index is -0.156. The van der Waals surface area contributed by atoms with Crippen LogP contribution in [0.15, 0.2) is 36.5 Å². The lowest BCUT2D eigenvalue weighted by Crippen LogP contribution is -2.19. The van der Waals surface area contributed by atoms with Crippen molar-refractivity contribution in [2.75, 3.05) is 13.7 Å². The van der Waals surface area contributed by atoms with E-state index in [0.717, 1.165) is 23.7 Å². The van der Waals surface area contributed by atoms with Crippen molar-refractivity contribution in [1.29, 1.82) is 0 Å². The molecule has 2 aromatic rings. The fourth-order valence-corrected chi connectivity index (χ4v) is 2.12. The van der Waals surface area contributed by atoms with Gasteiger partial charge in [0.25, 0.3) is 0 Å². The molecular formula is C15H21N3O2. The molecule has 1 aromatic carbocycles. The first-order valence-corrected chi connectivity index (χ1v) is 6.79. The average molecular weight is 275 g/mol. The lowest BCUT2D eigenvalue weighted by atomic mass is 10.1. The first kappa shape index (κ1) is 14.4. The van der Waals surface area contributed by atoms with Crippen molar-refractivity contribution < 1.29 is 9.47 Å². The number of hydrogen-bond donors (Lipinski definition) is 1. The molecule has 1 atom stereocenters. The van der Waals surface area contributed by atoms with Crippen molar-refractivity contribution in [3.05, 3.63) is 42.2 Å². The third-order valence-electron chi connectivity index (χ3n) is 3.16. The quantitative estimate of drug-likeness (QED) is 0.842. The maximum atomic E-state index is 6.24. The first-order chi connectivity index (χ1) is 9.76. The second kappa shape index (κ2) is 6.96. The molecule has 5 heteroatoms. The fourth-order valence-electron chi connectivity index (χ4n) is 2.12. The number of benzene rings is 1. The molecule has 0 fully saturated rings. The maximum Gasteiger partial charge on any atom is 0.161 e. The van der Waals surface area contributed by atoms with E-state index in [4.69, 9.17) is 15.2 Å². The smallest absolute Gasteiger partial charge is 0.161 e. The molecule has 0 spiro atoms. The standard InChI is InChI=1S/C15H21N3O2/c1-3-18-15(14(19-2)11-17-18)13(16)9-10-20-12-7-5-4-6-8-12/h4-8,11,13H,3,9-10,16H2,1-2H3. The van der Waals surface area contributed by atoms with Crippen molar-refractivity contribution in [2.24, 2.45) is 5.73 Å². The highest BCUT2D eigenvalue weighted by Crippen LogP contribution is 2.25. The zero-order valence-corrected chi connectivity index (χ0v) is 12.0. The van der Waals surface area contributed by atoms with Crippen LogP contribution in [-0.4, -0.2) is 23.5 Å². The molecule has 0 saturated heterocycles. The van der Waals surface area contributed by atoms with Crippen molar-refractivity contribution >= 4 is 0 Å². The summed E-state index contributed by atoms with van der Waals surface area (Å²) in [7, 11) is 1.63. The van der Waals surface area contributed by atoms with Gasteiger partial charge in [-0.2, -0.15) is 5.10 Å². The zero-order chi connectivity index (χ0) is 14.4. The Kier molecular flexibility index (Phi) is 5.01. The van der Waals surface area contributed by atoms with Gasteiger partial charge in [-0.25, -0.2) is 0 Å². The van der Waals surface area contributed by atoms with E-state index in [1.54, 1.807) is 13.3 Å². The van der Waals surface area contributed by atoms with Crippen LogP contribution in [0.2, 0.25) is 0 Å². The third-order valence-corrected chi connectivity index (χ3v) is 3.16. The predicted octanol–water partition coefficient (Wildman–Crippen LogP) is 2.38. The monoisotopic (exact) mass is 275 g/mol. The van der Waals surface area contributed by atoms with Crippen LogP contribution >= 0.6 is 0 Å². The number of nitrogens with zero attached hydrogens (tertiary/aromatic N) is 2. The van der Waals surface area contributed by atoms with E-state index < -0.39 is 0 Å². The van der Waals surface area contributed by atoms with Crippen LogP contribution in [0.4, 0.5) is 0 Å². The molecule has 0 aliphatic carbocycles. The molecule has 2 rings (SSSR count). The van der Waals surface area contributed by atoms with Crippen LogP contribution < -0.4 is 15.2 Å². The Balaban J connectivity index is 1.94. The van der Waals surface area contributed by atoms with Gasteiger partial charge in [-0.05, 0) is 19.1 Å². The summed E-state index contributed by atoms with van der Waals surface area (Å²) in [6.07, 6.45) is 2.41. The summed E-state index contributed by atoms with van der Waals surface area (Å²) in [4.78, 5) is 0. The van der Waals surface area contributed by atoms with Crippen LogP contribution in [0.1, 0.15) is 25.1 Å². The maximum absolute atomic E-state index is 6.24. The van der Waals surface area contributed by atoms with E-state index in [1.165, 1.54) is 0 Å². The van der Waals surface area contributed by atoms with Crippen molar-refractivity contribution in [1.82, 2.24) is 9.78 Å². The molecule has 108 valence electrons. The molecule has 0 aliphatic rings. The average Bonchev–Trinajstić information content (AvgIpc) is 2.91. The van der Waals surface area contributed by atoms with Crippen LogP contribution in [0.3, 0.4) is 0 Å². The Morgan fingerprint density at radius 2 is 2.05 bits per heavy atom. The van der Waals surface area contributed by atoms with Crippen LogP contribution in [-0.2, 0) is 6.54 Å². The van der Waals surface area contributed by atoms with Crippen LogP contribution in [0.5, 0.6) is 11.5 Å². The summed E-state index contributed by atoms with van der Waals surface area (Å²) < 4.78 is 12.8. The van der Waals surface area contributed by atoms with E-state index in [9.17, 15) is 0 Å². The van der Waals surface area contributed by atoms with Crippen molar-refractivity contribution in [2.45, 2.75) is 25.9 Å². The minimum Gasteiger partial charge on any atom is -0.494 e. The van der Waals surface area contributed by atoms with Gasteiger partial charge in [0.15, 0.2) is 5.75 Å². The Morgan fingerprint density at radius 3 is 2.70 bits per heavy atom. The summed E-state index contributed by atoms with van der Waals surface area (Å²) >= 11 is 0. The van der Waals surface area contributed by atoms with E-state index in [1.807, 2.05) is 41.9 Å². The third kappa shape index (κ3) is 3.30. The van der Waals surface area contributed by atoms with Gasteiger partial charge in [0.2, 0.25) is 0 Å². The van der Waals surface area contributed by atoms with E-state index >= 15 is 0 Å². The molecule has 1 heterocycles. The highest BCUT2D eigenvalue weighted by molar-refractivity contribution is 5.28. The molecule has 0 amide bonds. The molecular weight excluding hydrogens is 254 g/mol. The van der Waals surface area contributed by atoms with Gasteiger partial charge in [-0.1, -0.05) is 18.2 Å². The van der Waals surface area contributed by atoms with Crippen molar-refractivity contribution in [3.63, 3.8) is 0 Å². The Bertz CT molecular complexity index is 504. The van der Waals surface area contributed by atoms with E-state index in [0.29, 0.717) is 13.0 Å². The molecule has 0 aliphatic heterocycles. The largest absolute Gasteiger partial charge is 0.494 e. The van der Waals surface area contributed by atoms with Gasteiger partial charge in [-0.3, -0.25) is 4.68 Å². The van der Waals surface area contributed by atoms with E-state index in [-0.39, 0.29) is 6.04 Å². The van der Waals surface area contributed by atoms with E-state index in [2.05, 4.69) is 5.10 Å². The summed E-state index contributed by atoms with van der Waals surface area (Å²) in [6.45, 7) is 3.36. The predicted molar refractivity (Wildman–Crippen MR) is 77.9 cm³/mol. The number of aromatic nitrogens is 2. The normalized spacial score (nSPS) is 12.2. The summed E-state index contributed by atoms with van der Waals surface area (Å²) in [5.41, 5.74) is 7.16. The molecule has 5 nitrogen and oxygen atoms in total. The van der Waals surface area contributed by atoms with Crippen LogP contribution in [0.25, 0.3) is 0 Å². The van der Waals surface area contributed by atoms with Gasteiger partial charge in [0.1, 0.15) is 5.75 Å². The van der Waals surface area contributed by atoms with Crippen LogP contribution in [0, 0.1) is 0 Å². The fraction of sp³-hybridized carbons (Fsp3) is 0.400. The zero-order valence-electron chi connectivity index (χ0n) is 12.0. The SMILES string of the molecule is CCn1ncc(OC)c1C(N)CCOc1ccccc1. The van der Waals surface area contributed by atoms with Gasteiger partial charge in [0, 0.05) is 13.0 Å². The number of methoxy groups -OCH3 is 1. The summed E-state index contributed by atoms with van der Waals surface area (Å²) in [5, 5.41) is 4.26. The number of rotatable bonds is 7. The number of nitrogens with two attached hydrogens (primary N) is 1. The second-order valence-corrected chi connectivity index (χ2v) is 4.47. The number of para-hydroxylation sites is 1. The molecule has 0 radical (unpaired) electrons. The Labute approximate surface area is 119 Å². The molecule has 2 N–H and O–H groups in total. The molecule has 20 heavy (non-hydrogen) atoms. The highest BCUT2D eigenvalue weighted by atomic mass is 16.5. The highest BCUT2D eigenvalue weighted by Gasteiger charge is 2.18. The molecule has 1 aromatic heterocycles. The lowest BCUT2D eigenvalue weighted by molar-refractivity contribution is 0.293.